The first-order valence-electron chi connectivity index (χ1n) is 5.93. The van der Waals surface area contributed by atoms with Gasteiger partial charge in [0.05, 0.1) is 18.5 Å². The summed E-state index contributed by atoms with van der Waals surface area (Å²) in [6.45, 7) is 3.59. The van der Waals surface area contributed by atoms with Gasteiger partial charge in [0.1, 0.15) is 5.75 Å². The number of methoxy groups -OCH3 is 1. The molecule has 0 aliphatic heterocycles. The fraction of sp³-hybridized carbons (Fsp3) is 0.231. The Labute approximate surface area is 116 Å². The molecule has 104 valence electrons. The first-order valence-corrected chi connectivity index (χ1v) is 5.93. The van der Waals surface area contributed by atoms with Gasteiger partial charge in [-0.15, -0.1) is 5.10 Å². The van der Waals surface area contributed by atoms with Gasteiger partial charge in [-0.25, -0.2) is 4.98 Å². The minimum atomic E-state index is -0.374. The summed E-state index contributed by atoms with van der Waals surface area (Å²) in [5, 5.41) is 10.3. The topological polar surface area (TPSA) is 103 Å². The van der Waals surface area contributed by atoms with Crippen molar-refractivity contribution in [1.29, 1.82) is 0 Å². The number of nitrogens with zero attached hydrogens (tertiary/aromatic N) is 3. The van der Waals surface area contributed by atoms with Crippen LogP contribution in [-0.4, -0.2) is 28.2 Å². The number of hydrogen-bond acceptors (Lipinski definition) is 6. The summed E-state index contributed by atoms with van der Waals surface area (Å²) in [6.07, 6.45) is 0. The second-order valence-corrected chi connectivity index (χ2v) is 4.26. The zero-order chi connectivity index (χ0) is 14.7. The molecular weight excluding hydrogens is 258 g/mol. The summed E-state index contributed by atoms with van der Waals surface area (Å²) in [4.78, 5) is 16.2. The predicted molar refractivity (Wildman–Crippen MR) is 74.7 cm³/mol. The van der Waals surface area contributed by atoms with Crippen LogP contribution in [0.25, 0.3) is 0 Å². The quantitative estimate of drug-likeness (QED) is 0.818. The molecule has 3 N–H and O–H groups in total. The number of benzene rings is 1. The molecule has 0 bridgehead atoms. The Kier molecular flexibility index (Phi) is 3.79. The van der Waals surface area contributed by atoms with Crippen molar-refractivity contribution in [3.05, 3.63) is 35.2 Å². The van der Waals surface area contributed by atoms with E-state index in [2.05, 4.69) is 20.5 Å². The Morgan fingerprint density at radius 3 is 2.60 bits per heavy atom. The zero-order valence-electron chi connectivity index (χ0n) is 11.5. The smallest absolute Gasteiger partial charge is 0.258 e. The summed E-state index contributed by atoms with van der Waals surface area (Å²) in [6, 6.07) is 4.76. The molecule has 0 atom stereocenters. The summed E-state index contributed by atoms with van der Waals surface area (Å²) < 4.78 is 5.07. The van der Waals surface area contributed by atoms with Gasteiger partial charge in [0.25, 0.3) is 5.91 Å². The molecule has 7 nitrogen and oxygen atoms in total. The molecule has 1 amide bonds. The Balaban J connectivity index is 2.23. The van der Waals surface area contributed by atoms with Gasteiger partial charge in [0.15, 0.2) is 0 Å². The van der Waals surface area contributed by atoms with Crippen molar-refractivity contribution in [2.45, 2.75) is 13.8 Å². The number of amides is 1. The van der Waals surface area contributed by atoms with Crippen LogP contribution in [0.3, 0.4) is 0 Å². The van der Waals surface area contributed by atoms with Gasteiger partial charge in [-0.05, 0) is 26.0 Å². The number of anilines is 2. The second-order valence-electron chi connectivity index (χ2n) is 4.26. The lowest BCUT2D eigenvalue weighted by Crippen LogP contribution is -2.16. The fourth-order valence-electron chi connectivity index (χ4n) is 1.55. The minimum Gasteiger partial charge on any atom is -0.497 e. The van der Waals surface area contributed by atoms with Gasteiger partial charge in [0.2, 0.25) is 5.95 Å². The third-order valence-electron chi connectivity index (χ3n) is 2.74. The van der Waals surface area contributed by atoms with Crippen molar-refractivity contribution in [3.63, 3.8) is 0 Å². The van der Waals surface area contributed by atoms with Gasteiger partial charge in [-0.3, -0.25) is 10.1 Å². The van der Waals surface area contributed by atoms with Gasteiger partial charge >= 0.3 is 0 Å². The fourth-order valence-corrected chi connectivity index (χ4v) is 1.55. The maximum Gasteiger partial charge on any atom is 0.258 e. The van der Waals surface area contributed by atoms with E-state index in [-0.39, 0.29) is 11.9 Å². The number of rotatable bonds is 3. The van der Waals surface area contributed by atoms with Crippen LogP contribution in [0, 0.1) is 13.8 Å². The maximum atomic E-state index is 12.1. The lowest BCUT2D eigenvalue weighted by molar-refractivity contribution is 0.102. The Hall–Kier alpha value is -2.70. The monoisotopic (exact) mass is 273 g/mol. The van der Waals surface area contributed by atoms with Gasteiger partial charge in [-0.2, -0.15) is 5.10 Å². The molecule has 2 aromatic rings. The van der Waals surface area contributed by atoms with Crippen molar-refractivity contribution in [2.24, 2.45) is 0 Å². The van der Waals surface area contributed by atoms with Crippen molar-refractivity contribution in [2.75, 3.05) is 18.2 Å². The van der Waals surface area contributed by atoms with Crippen LogP contribution < -0.4 is 15.8 Å². The molecule has 0 radical (unpaired) electrons. The minimum absolute atomic E-state index is 0.152. The van der Waals surface area contributed by atoms with Crippen LogP contribution in [0.1, 0.15) is 21.7 Å². The molecule has 0 aliphatic carbocycles. The number of aryl methyl sites for hydroxylation is 2. The molecule has 0 aliphatic rings. The molecule has 2 rings (SSSR count). The van der Waals surface area contributed by atoms with Crippen LogP contribution in [0.4, 0.5) is 11.6 Å². The molecule has 1 aromatic heterocycles. The maximum absolute atomic E-state index is 12.1. The van der Waals surface area contributed by atoms with Crippen molar-refractivity contribution in [3.8, 4) is 5.75 Å². The van der Waals surface area contributed by atoms with E-state index in [1.54, 1.807) is 32.0 Å². The van der Waals surface area contributed by atoms with E-state index in [1.165, 1.54) is 7.11 Å². The highest BCUT2D eigenvalue weighted by Crippen LogP contribution is 2.19. The molecule has 1 aromatic carbocycles. The summed E-state index contributed by atoms with van der Waals surface area (Å²) >= 11 is 0. The van der Waals surface area contributed by atoms with Crippen LogP contribution in [0.15, 0.2) is 18.2 Å². The highest BCUT2D eigenvalue weighted by Gasteiger charge is 2.11. The van der Waals surface area contributed by atoms with Crippen LogP contribution >= 0.6 is 0 Å². The summed E-state index contributed by atoms with van der Waals surface area (Å²) in [7, 11) is 1.51. The van der Waals surface area contributed by atoms with E-state index >= 15 is 0 Å². The van der Waals surface area contributed by atoms with Crippen LogP contribution in [0.2, 0.25) is 0 Å². The number of hydrogen-bond donors (Lipinski definition) is 2. The average Bonchev–Trinajstić information content (AvgIpc) is 2.42. The lowest BCUT2D eigenvalue weighted by atomic mass is 10.2. The average molecular weight is 273 g/mol. The van der Waals surface area contributed by atoms with Gasteiger partial charge in [-0.1, -0.05) is 0 Å². The number of carbonyl (C=O) groups excluding carboxylic acids is 1. The molecule has 0 unspecified atom stereocenters. The van der Waals surface area contributed by atoms with Gasteiger partial charge < -0.3 is 10.5 Å². The van der Waals surface area contributed by atoms with Crippen LogP contribution in [0.5, 0.6) is 5.75 Å². The second kappa shape index (κ2) is 5.52. The number of nitrogens with two attached hydrogens (primary N) is 1. The predicted octanol–water partition coefficient (Wildman–Crippen LogP) is 1.33. The zero-order valence-corrected chi connectivity index (χ0v) is 11.5. The first-order chi connectivity index (χ1) is 9.49. The third kappa shape index (κ3) is 3.00. The molecule has 7 heteroatoms. The largest absolute Gasteiger partial charge is 0.497 e. The molecule has 0 saturated heterocycles. The standard InChI is InChI=1S/C13H15N5O2/c1-7-8(2)17-18-13(15-7)16-12(19)9-4-10(14)6-11(5-9)20-3/h4-6H,14H2,1-3H3,(H,15,16,18,19). The van der Waals surface area contributed by atoms with Crippen LogP contribution in [-0.2, 0) is 0 Å². The lowest BCUT2D eigenvalue weighted by Gasteiger charge is -2.07. The van der Waals surface area contributed by atoms with Gasteiger partial charge in [0, 0.05) is 17.3 Å². The van der Waals surface area contributed by atoms with E-state index in [0.717, 1.165) is 0 Å². The number of ether oxygens (including phenoxy) is 1. The van der Waals surface area contributed by atoms with E-state index in [4.69, 9.17) is 10.5 Å². The number of aromatic nitrogens is 3. The van der Waals surface area contributed by atoms with Crippen molar-refractivity contribution in [1.82, 2.24) is 15.2 Å². The molecule has 1 heterocycles. The Morgan fingerprint density at radius 2 is 1.95 bits per heavy atom. The molecule has 20 heavy (non-hydrogen) atoms. The van der Waals surface area contributed by atoms with Crippen molar-refractivity contribution >= 4 is 17.5 Å². The van der Waals surface area contributed by atoms with Crippen molar-refractivity contribution < 1.29 is 9.53 Å². The summed E-state index contributed by atoms with van der Waals surface area (Å²) in [5.74, 6) is 0.287. The number of carbonyl (C=O) groups is 1. The molecule has 0 saturated carbocycles. The third-order valence-corrected chi connectivity index (χ3v) is 2.74. The summed E-state index contributed by atoms with van der Waals surface area (Å²) in [5.41, 5.74) is 7.93. The van der Waals surface area contributed by atoms with E-state index in [0.29, 0.717) is 28.4 Å². The van der Waals surface area contributed by atoms with E-state index < -0.39 is 0 Å². The molecule has 0 fully saturated rings. The SMILES string of the molecule is COc1cc(N)cc(C(=O)Nc2nnc(C)c(C)n2)c1. The Bertz CT molecular complexity index is 657. The Morgan fingerprint density at radius 1 is 1.20 bits per heavy atom. The highest BCUT2D eigenvalue weighted by molar-refractivity contribution is 6.04. The first kappa shape index (κ1) is 13.7. The number of nitrogen functional groups attached to an aromatic ring is 1. The van der Waals surface area contributed by atoms with E-state index in [9.17, 15) is 4.79 Å². The normalized spacial score (nSPS) is 10.2. The van der Waals surface area contributed by atoms with E-state index in [1.807, 2.05) is 0 Å². The molecular formula is C13H15N5O2. The highest BCUT2D eigenvalue weighted by atomic mass is 16.5. The number of nitrogens with one attached hydrogen (secondary N) is 1. The molecule has 0 spiro atoms.